The van der Waals surface area contributed by atoms with Crippen LogP contribution in [-0.4, -0.2) is 12.6 Å². The van der Waals surface area contributed by atoms with Crippen LogP contribution >= 0.6 is 0 Å². The van der Waals surface area contributed by atoms with Crippen molar-refractivity contribution in [2.75, 3.05) is 6.54 Å². The van der Waals surface area contributed by atoms with Crippen LogP contribution in [0.5, 0.6) is 0 Å². The molecule has 2 rings (SSSR count). The van der Waals surface area contributed by atoms with Gasteiger partial charge in [-0.25, -0.2) is 0 Å². The summed E-state index contributed by atoms with van der Waals surface area (Å²) in [6, 6.07) is 8.20. The van der Waals surface area contributed by atoms with Crippen molar-refractivity contribution in [1.82, 2.24) is 5.32 Å². The summed E-state index contributed by atoms with van der Waals surface area (Å²) in [7, 11) is 0. The van der Waals surface area contributed by atoms with Gasteiger partial charge in [-0.15, -0.1) is 0 Å². The van der Waals surface area contributed by atoms with Crippen LogP contribution in [0.25, 0.3) is 11.0 Å². The highest BCUT2D eigenvalue weighted by atomic mass is 16.5. The summed E-state index contributed by atoms with van der Waals surface area (Å²) in [5.74, 6) is 1.60. The van der Waals surface area contributed by atoms with Gasteiger partial charge in [-0.2, -0.15) is 0 Å². The maximum Gasteiger partial charge on any atom is 0.135 e. The van der Waals surface area contributed by atoms with E-state index in [1.54, 1.807) is 0 Å². The van der Waals surface area contributed by atoms with Crippen LogP contribution in [0.15, 0.2) is 28.7 Å². The van der Waals surface area contributed by atoms with Gasteiger partial charge in [-0.05, 0) is 31.9 Å². The number of fused-ring (bicyclic) bond motifs is 1. The molecule has 0 saturated heterocycles. The van der Waals surface area contributed by atoms with Crippen molar-refractivity contribution in [3.63, 3.8) is 0 Å². The Hall–Kier alpha value is -1.32. The van der Waals surface area contributed by atoms with E-state index in [2.05, 4.69) is 45.1 Å². The Morgan fingerprint density at radius 2 is 1.95 bits per heavy atom. The first kappa shape index (κ1) is 16.1. The molecule has 1 heterocycles. The quantitative estimate of drug-likeness (QED) is 0.777. The van der Waals surface area contributed by atoms with E-state index in [1.807, 2.05) is 12.1 Å². The Morgan fingerprint density at radius 1 is 1.19 bits per heavy atom. The third-order valence-electron chi connectivity index (χ3n) is 3.64. The Morgan fingerprint density at radius 3 is 2.67 bits per heavy atom. The summed E-state index contributed by atoms with van der Waals surface area (Å²) in [5, 5.41) is 4.58. The molecule has 1 unspecified atom stereocenters. The van der Waals surface area contributed by atoms with Crippen LogP contribution in [0.2, 0.25) is 0 Å². The van der Waals surface area contributed by atoms with Gasteiger partial charge in [0.15, 0.2) is 0 Å². The number of rotatable bonds is 8. The summed E-state index contributed by atoms with van der Waals surface area (Å²) >= 11 is 0. The topological polar surface area (TPSA) is 34.4 Å². The summed E-state index contributed by atoms with van der Waals surface area (Å²) in [6.45, 7) is 11.0. The first-order chi connectivity index (χ1) is 10.1. The molecule has 0 fully saturated rings. The Bertz CT molecular complexity index is 559. The van der Waals surface area contributed by atoms with Crippen LogP contribution in [0.1, 0.15) is 45.4 Å². The number of ether oxygens (including phenoxy) is 1. The van der Waals surface area contributed by atoms with Gasteiger partial charge in [0, 0.05) is 17.5 Å². The maximum absolute atomic E-state index is 5.99. The van der Waals surface area contributed by atoms with Crippen molar-refractivity contribution < 1.29 is 9.15 Å². The number of benzene rings is 1. The first-order valence-corrected chi connectivity index (χ1v) is 7.93. The van der Waals surface area contributed by atoms with Crippen molar-refractivity contribution >= 4 is 11.0 Å². The molecule has 21 heavy (non-hydrogen) atoms. The summed E-state index contributed by atoms with van der Waals surface area (Å²) in [5.41, 5.74) is 2.17. The predicted molar refractivity (Wildman–Crippen MR) is 87.3 cm³/mol. The lowest BCUT2D eigenvalue weighted by molar-refractivity contribution is 0.0304. The van der Waals surface area contributed by atoms with E-state index in [1.165, 1.54) is 10.9 Å². The normalized spacial score (nSPS) is 13.2. The van der Waals surface area contributed by atoms with Gasteiger partial charge in [0.05, 0.1) is 6.10 Å². The molecule has 2 aromatic rings. The molecule has 0 aliphatic carbocycles. The monoisotopic (exact) mass is 289 g/mol. The molecule has 1 atom stereocenters. The molecule has 0 aliphatic heterocycles. The smallest absolute Gasteiger partial charge is 0.135 e. The predicted octanol–water partition coefficient (Wildman–Crippen LogP) is 4.49. The largest absolute Gasteiger partial charge is 0.458 e. The van der Waals surface area contributed by atoms with E-state index in [4.69, 9.17) is 9.15 Å². The highest BCUT2D eigenvalue weighted by Crippen LogP contribution is 2.27. The third kappa shape index (κ3) is 4.32. The Labute approximate surface area is 127 Å². The van der Waals surface area contributed by atoms with Gasteiger partial charge >= 0.3 is 0 Å². The van der Waals surface area contributed by atoms with Crippen molar-refractivity contribution in [3.05, 3.63) is 35.6 Å². The molecule has 0 saturated carbocycles. The van der Waals surface area contributed by atoms with Gasteiger partial charge in [0.2, 0.25) is 0 Å². The average molecular weight is 289 g/mol. The fourth-order valence-corrected chi connectivity index (χ4v) is 2.66. The van der Waals surface area contributed by atoms with Crippen LogP contribution in [0.4, 0.5) is 0 Å². The molecule has 1 aromatic heterocycles. The minimum absolute atomic E-state index is 0.255. The van der Waals surface area contributed by atoms with Crippen molar-refractivity contribution in [1.29, 1.82) is 0 Å². The summed E-state index contributed by atoms with van der Waals surface area (Å²) in [4.78, 5) is 0. The van der Waals surface area contributed by atoms with Gasteiger partial charge in [-0.1, -0.05) is 39.0 Å². The lowest BCUT2D eigenvalue weighted by Gasteiger charge is -2.14. The van der Waals surface area contributed by atoms with Crippen molar-refractivity contribution in [3.8, 4) is 0 Å². The molecule has 1 aromatic carbocycles. The number of para-hydroxylation sites is 1. The average Bonchev–Trinajstić information content (AvgIpc) is 2.80. The van der Waals surface area contributed by atoms with Crippen molar-refractivity contribution in [2.45, 2.75) is 53.4 Å². The van der Waals surface area contributed by atoms with Crippen LogP contribution in [0, 0.1) is 5.92 Å². The van der Waals surface area contributed by atoms with E-state index in [9.17, 15) is 0 Å². The lowest BCUT2D eigenvalue weighted by atomic mass is 10.1. The van der Waals surface area contributed by atoms with Crippen LogP contribution in [-0.2, 0) is 17.9 Å². The van der Waals surface area contributed by atoms with Gasteiger partial charge in [0.1, 0.15) is 18.0 Å². The molecule has 0 amide bonds. The zero-order chi connectivity index (χ0) is 15.2. The summed E-state index contributed by atoms with van der Waals surface area (Å²) < 4.78 is 12.0. The van der Waals surface area contributed by atoms with Crippen LogP contribution < -0.4 is 5.32 Å². The fourth-order valence-electron chi connectivity index (χ4n) is 2.66. The second kappa shape index (κ2) is 7.62. The number of nitrogens with one attached hydrogen (secondary N) is 1. The van der Waals surface area contributed by atoms with E-state index in [0.29, 0.717) is 12.5 Å². The minimum Gasteiger partial charge on any atom is -0.458 e. The molecular weight excluding hydrogens is 262 g/mol. The Balaban J connectivity index is 2.13. The lowest BCUT2D eigenvalue weighted by Crippen LogP contribution is -2.14. The van der Waals surface area contributed by atoms with E-state index < -0.39 is 0 Å². The Kier molecular flexibility index (Phi) is 5.83. The molecule has 0 radical (unpaired) electrons. The molecule has 0 spiro atoms. The number of furan rings is 1. The van der Waals surface area contributed by atoms with Gasteiger partial charge in [-0.3, -0.25) is 0 Å². The first-order valence-electron chi connectivity index (χ1n) is 7.93. The molecular formula is C18H27NO2. The van der Waals surface area contributed by atoms with Gasteiger partial charge < -0.3 is 14.5 Å². The van der Waals surface area contributed by atoms with Crippen LogP contribution in [0.3, 0.4) is 0 Å². The molecule has 3 nitrogen and oxygen atoms in total. The molecule has 116 valence electrons. The SMILES string of the molecule is CCNCc1c(COC(C)CC(C)C)oc2ccccc12. The zero-order valence-electron chi connectivity index (χ0n) is 13.6. The second-order valence-corrected chi connectivity index (χ2v) is 6.03. The third-order valence-corrected chi connectivity index (χ3v) is 3.64. The number of hydrogen-bond acceptors (Lipinski definition) is 3. The molecule has 3 heteroatoms. The molecule has 1 N–H and O–H groups in total. The minimum atomic E-state index is 0.255. The summed E-state index contributed by atoms with van der Waals surface area (Å²) in [6.07, 6.45) is 1.33. The second-order valence-electron chi connectivity index (χ2n) is 6.03. The highest BCUT2D eigenvalue weighted by molar-refractivity contribution is 5.82. The van der Waals surface area contributed by atoms with Crippen molar-refractivity contribution in [2.24, 2.45) is 5.92 Å². The fraction of sp³-hybridized carbons (Fsp3) is 0.556. The maximum atomic E-state index is 5.99. The molecule has 0 bridgehead atoms. The van der Waals surface area contributed by atoms with E-state index >= 15 is 0 Å². The highest BCUT2D eigenvalue weighted by Gasteiger charge is 2.15. The van der Waals surface area contributed by atoms with Gasteiger partial charge in [0.25, 0.3) is 0 Å². The zero-order valence-corrected chi connectivity index (χ0v) is 13.6. The van der Waals surface area contributed by atoms with E-state index in [0.717, 1.165) is 30.9 Å². The molecule has 0 aliphatic rings. The number of hydrogen-bond donors (Lipinski definition) is 1. The van der Waals surface area contributed by atoms with E-state index in [-0.39, 0.29) is 6.10 Å². The standard InChI is InChI=1S/C18H27NO2/c1-5-19-11-16-15-8-6-7-9-17(15)21-18(16)12-20-14(4)10-13(2)3/h6-9,13-14,19H,5,10-12H2,1-4H3.